The lowest BCUT2D eigenvalue weighted by molar-refractivity contribution is -0.299. The van der Waals surface area contributed by atoms with Gasteiger partial charge in [0.05, 0.1) is 55.3 Å². The monoisotopic (exact) mass is 727 g/mol. The van der Waals surface area contributed by atoms with Crippen LogP contribution in [-0.4, -0.2) is 101 Å². The lowest BCUT2D eigenvalue weighted by Gasteiger charge is -2.44. The highest BCUT2D eigenvalue weighted by atomic mass is 16.7. The Bertz CT molecular complexity index is 1730. The molecule has 5 rings (SSSR count). The van der Waals surface area contributed by atoms with E-state index < -0.39 is 61.2 Å². The van der Waals surface area contributed by atoms with Gasteiger partial charge in [0.25, 0.3) is 0 Å². The second kappa shape index (κ2) is 20.6. The van der Waals surface area contributed by atoms with E-state index in [1.165, 1.54) is 0 Å². The molecular weight excluding hydrogens is 686 g/mol. The molecule has 1 aliphatic rings. The number of hydrogen-bond acceptors (Lipinski definition) is 13. The SMILES string of the molecule is NCCOCCOCCO[C@H]1OC(COC(=O)c2ccccc2)[C@@H](OC(=O)c2ccccc2)C(OC(=O)c2ccccc2)[C@H]1OC(=O)c1ccccc1. The van der Waals surface area contributed by atoms with Gasteiger partial charge < -0.3 is 43.6 Å². The van der Waals surface area contributed by atoms with Crippen molar-refractivity contribution in [1.29, 1.82) is 0 Å². The van der Waals surface area contributed by atoms with Crippen molar-refractivity contribution in [2.75, 3.05) is 46.2 Å². The number of rotatable bonds is 18. The average molecular weight is 728 g/mol. The topological polar surface area (TPSA) is 168 Å². The van der Waals surface area contributed by atoms with E-state index >= 15 is 0 Å². The molecule has 0 spiro atoms. The molecule has 5 atom stereocenters. The summed E-state index contributed by atoms with van der Waals surface area (Å²) in [6, 6.07) is 32.6. The van der Waals surface area contributed by atoms with Gasteiger partial charge in [-0.1, -0.05) is 72.8 Å². The lowest BCUT2D eigenvalue weighted by atomic mass is 9.97. The first kappa shape index (κ1) is 38.8. The van der Waals surface area contributed by atoms with Crippen molar-refractivity contribution >= 4 is 23.9 Å². The summed E-state index contributed by atoms with van der Waals surface area (Å²) in [6.45, 7) is 0.896. The molecule has 13 heteroatoms. The molecule has 0 bridgehead atoms. The summed E-state index contributed by atoms with van der Waals surface area (Å²) < 4.78 is 47.0. The molecule has 0 saturated carbocycles. The standard InChI is InChI=1S/C40H41NO12/c41-21-22-46-23-24-47-25-26-48-40-35(53-39(45)31-19-11-4-12-20-31)34(52-38(44)30-17-9-3-10-18-30)33(51-37(43)29-15-7-2-8-16-29)32(50-40)27-49-36(42)28-13-5-1-6-14-28/h1-20,32-35,40H,21-27,41H2/t32?,33-,34?,35-,40+/m1/s1. The predicted molar refractivity (Wildman–Crippen MR) is 189 cm³/mol. The highest BCUT2D eigenvalue weighted by Crippen LogP contribution is 2.32. The summed E-state index contributed by atoms with van der Waals surface area (Å²) in [5.41, 5.74) is 6.27. The van der Waals surface area contributed by atoms with Crippen molar-refractivity contribution < 1.29 is 57.1 Å². The van der Waals surface area contributed by atoms with Gasteiger partial charge in [0.2, 0.25) is 0 Å². The maximum Gasteiger partial charge on any atom is 0.338 e. The number of ether oxygens (including phenoxy) is 8. The Hall–Kier alpha value is -5.44. The minimum absolute atomic E-state index is 0.0642. The molecule has 13 nitrogen and oxygen atoms in total. The lowest BCUT2D eigenvalue weighted by Crippen LogP contribution is -2.63. The van der Waals surface area contributed by atoms with E-state index in [0.29, 0.717) is 19.8 Å². The third-order valence-corrected chi connectivity index (χ3v) is 7.88. The summed E-state index contributed by atoms with van der Waals surface area (Å²) >= 11 is 0. The number of carbonyl (C=O) groups excluding carboxylic acids is 4. The normalized spacial score (nSPS) is 19.5. The highest BCUT2D eigenvalue weighted by Gasteiger charge is 2.53. The summed E-state index contributed by atoms with van der Waals surface area (Å²) in [7, 11) is 0. The first-order chi connectivity index (χ1) is 25.9. The van der Waals surface area contributed by atoms with E-state index in [1.54, 1.807) is 121 Å². The molecule has 4 aromatic rings. The van der Waals surface area contributed by atoms with E-state index in [0.717, 1.165) is 0 Å². The van der Waals surface area contributed by atoms with E-state index in [9.17, 15) is 19.2 Å². The molecule has 4 aromatic carbocycles. The molecular formula is C40H41NO12. The summed E-state index contributed by atoms with van der Waals surface area (Å²) in [4.78, 5) is 53.9. The third-order valence-electron chi connectivity index (χ3n) is 7.88. The molecule has 53 heavy (non-hydrogen) atoms. The molecule has 1 aliphatic heterocycles. The molecule has 1 fully saturated rings. The van der Waals surface area contributed by atoms with E-state index in [4.69, 9.17) is 43.6 Å². The van der Waals surface area contributed by atoms with Crippen molar-refractivity contribution in [2.45, 2.75) is 30.7 Å². The van der Waals surface area contributed by atoms with Crippen LogP contribution in [-0.2, 0) is 37.9 Å². The van der Waals surface area contributed by atoms with Gasteiger partial charge in [0, 0.05) is 6.54 Å². The number of carbonyl (C=O) groups is 4. The molecule has 2 N–H and O–H groups in total. The Morgan fingerprint density at radius 3 is 1.36 bits per heavy atom. The smallest absolute Gasteiger partial charge is 0.338 e. The number of nitrogens with two attached hydrogens (primary N) is 1. The van der Waals surface area contributed by atoms with Gasteiger partial charge in [-0.3, -0.25) is 0 Å². The van der Waals surface area contributed by atoms with E-state index in [1.807, 2.05) is 0 Å². The van der Waals surface area contributed by atoms with Crippen LogP contribution in [0.5, 0.6) is 0 Å². The van der Waals surface area contributed by atoms with Crippen molar-refractivity contribution in [3.8, 4) is 0 Å². The van der Waals surface area contributed by atoms with Crippen LogP contribution in [0.1, 0.15) is 41.4 Å². The molecule has 2 unspecified atom stereocenters. The second-order valence-electron chi connectivity index (χ2n) is 11.6. The third kappa shape index (κ3) is 11.5. The van der Waals surface area contributed by atoms with Crippen LogP contribution < -0.4 is 5.73 Å². The number of benzene rings is 4. The molecule has 0 amide bonds. The fraction of sp³-hybridized carbons (Fsp3) is 0.300. The molecule has 1 heterocycles. The molecule has 0 aromatic heterocycles. The fourth-order valence-electron chi connectivity index (χ4n) is 5.29. The van der Waals surface area contributed by atoms with E-state index in [2.05, 4.69) is 0 Å². The molecule has 0 aliphatic carbocycles. The van der Waals surface area contributed by atoms with Crippen LogP contribution >= 0.6 is 0 Å². The summed E-state index contributed by atoms with van der Waals surface area (Å²) in [6.07, 6.45) is -7.17. The van der Waals surface area contributed by atoms with Crippen LogP contribution in [0.15, 0.2) is 121 Å². The molecule has 0 radical (unpaired) electrons. The second-order valence-corrected chi connectivity index (χ2v) is 11.6. The Balaban J connectivity index is 1.48. The number of esters is 4. The van der Waals surface area contributed by atoms with Crippen molar-refractivity contribution in [3.05, 3.63) is 144 Å². The van der Waals surface area contributed by atoms with Crippen LogP contribution in [0, 0.1) is 0 Å². The van der Waals surface area contributed by atoms with Crippen molar-refractivity contribution in [2.24, 2.45) is 5.73 Å². The fourth-order valence-corrected chi connectivity index (χ4v) is 5.29. The zero-order valence-corrected chi connectivity index (χ0v) is 28.9. The van der Waals surface area contributed by atoms with Crippen LogP contribution in [0.2, 0.25) is 0 Å². The van der Waals surface area contributed by atoms with Gasteiger partial charge in [-0.05, 0) is 48.5 Å². The Labute approximate surface area is 306 Å². The number of hydrogen-bond donors (Lipinski definition) is 1. The minimum atomic E-state index is -1.52. The zero-order chi connectivity index (χ0) is 37.3. The van der Waals surface area contributed by atoms with Gasteiger partial charge in [-0.25, -0.2) is 19.2 Å². The minimum Gasteiger partial charge on any atom is -0.459 e. The van der Waals surface area contributed by atoms with Gasteiger partial charge in [-0.2, -0.15) is 0 Å². The molecule has 1 saturated heterocycles. The van der Waals surface area contributed by atoms with Gasteiger partial charge >= 0.3 is 23.9 Å². The van der Waals surface area contributed by atoms with E-state index in [-0.39, 0.29) is 42.1 Å². The maximum absolute atomic E-state index is 13.7. The largest absolute Gasteiger partial charge is 0.459 e. The van der Waals surface area contributed by atoms with Crippen molar-refractivity contribution in [1.82, 2.24) is 0 Å². The van der Waals surface area contributed by atoms with Gasteiger partial charge in [0.15, 0.2) is 24.6 Å². The Kier molecular flexibility index (Phi) is 15.0. The Morgan fingerprint density at radius 2 is 0.887 bits per heavy atom. The van der Waals surface area contributed by atoms with Crippen LogP contribution in [0.3, 0.4) is 0 Å². The average Bonchev–Trinajstić information content (AvgIpc) is 3.21. The first-order valence-electron chi connectivity index (χ1n) is 17.1. The van der Waals surface area contributed by atoms with Crippen molar-refractivity contribution in [3.63, 3.8) is 0 Å². The van der Waals surface area contributed by atoms with Crippen LogP contribution in [0.4, 0.5) is 0 Å². The predicted octanol–water partition coefficient (Wildman–Crippen LogP) is 4.25. The van der Waals surface area contributed by atoms with Gasteiger partial charge in [0.1, 0.15) is 12.7 Å². The highest BCUT2D eigenvalue weighted by molar-refractivity contribution is 5.91. The maximum atomic E-state index is 13.7. The Morgan fingerprint density at radius 1 is 0.491 bits per heavy atom. The summed E-state index contributed by atoms with van der Waals surface area (Å²) in [5, 5.41) is 0. The van der Waals surface area contributed by atoms with Gasteiger partial charge in [-0.15, -0.1) is 0 Å². The summed E-state index contributed by atoms with van der Waals surface area (Å²) in [5.74, 6) is -3.07. The van der Waals surface area contributed by atoms with Crippen LogP contribution in [0.25, 0.3) is 0 Å². The first-order valence-corrected chi connectivity index (χ1v) is 17.1. The quantitative estimate of drug-likeness (QED) is 0.0878. The molecule has 278 valence electrons. The zero-order valence-electron chi connectivity index (χ0n) is 28.9.